The number of nitrogens with two attached hydrogens (primary N) is 1. The summed E-state index contributed by atoms with van der Waals surface area (Å²) in [6.07, 6.45) is 0.399. The number of aliphatic hydroxyl groups is 3. The predicted octanol–water partition coefficient (Wildman–Crippen LogP) is -0.260. The number of rotatable bonds is 5. The summed E-state index contributed by atoms with van der Waals surface area (Å²) in [6, 6.07) is 0. The molecule has 0 saturated carbocycles. The fourth-order valence-corrected chi connectivity index (χ4v) is 3.24. The maximum atomic E-state index is 10.3. The number of anilines is 1. The monoisotopic (exact) mass is 348 g/mol. The van der Waals surface area contributed by atoms with Gasteiger partial charge in [-0.25, -0.2) is 9.97 Å². The highest BCUT2D eigenvalue weighted by molar-refractivity contribution is 5.89. The molecule has 0 amide bonds. The normalized spacial score (nSPS) is 30.2. The first-order chi connectivity index (χ1) is 11.9. The van der Waals surface area contributed by atoms with Gasteiger partial charge in [0.2, 0.25) is 0 Å². The summed E-state index contributed by atoms with van der Waals surface area (Å²) < 4.78 is 7.25. The third kappa shape index (κ3) is 2.67. The molecule has 0 bridgehead atoms. The van der Waals surface area contributed by atoms with Crippen LogP contribution in [0.2, 0.25) is 0 Å². The van der Waals surface area contributed by atoms with Crippen LogP contribution in [0, 0.1) is 0 Å². The zero-order valence-corrected chi connectivity index (χ0v) is 13.6. The molecule has 2 aromatic rings. The molecule has 0 aromatic carbocycles. The summed E-state index contributed by atoms with van der Waals surface area (Å²) in [7, 11) is 0. The number of fused-ring (bicyclic) bond motifs is 1. The minimum atomic E-state index is -1.19. The molecule has 0 spiro atoms. The lowest BCUT2D eigenvalue weighted by Gasteiger charge is -2.17. The lowest BCUT2D eigenvalue weighted by molar-refractivity contribution is -0.0509. The Hall–Kier alpha value is -2.14. The van der Waals surface area contributed by atoms with Crippen LogP contribution in [-0.2, 0) is 11.2 Å². The molecule has 4 atom stereocenters. The van der Waals surface area contributed by atoms with E-state index in [4.69, 9.17) is 10.5 Å². The van der Waals surface area contributed by atoms with Crippen LogP contribution in [0.5, 0.6) is 0 Å². The highest BCUT2D eigenvalue weighted by atomic mass is 16.6. The van der Waals surface area contributed by atoms with Gasteiger partial charge in [-0.3, -0.25) is 0 Å². The molecule has 0 unspecified atom stereocenters. The van der Waals surface area contributed by atoms with Crippen LogP contribution < -0.4 is 5.73 Å². The van der Waals surface area contributed by atoms with Gasteiger partial charge in [-0.1, -0.05) is 0 Å². The Balaban J connectivity index is 1.73. The summed E-state index contributed by atoms with van der Waals surface area (Å²) in [5.74, 6) is 0.334. The van der Waals surface area contributed by atoms with Gasteiger partial charge < -0.3 is 30.4 Å². The first-order valence-corrected chi connectivity index (χ1v) is 8.10. The number of hydrogen-bond donors (Lipinski definition) is 4. The van der Waals surface area contributed by atoms with E-state index in [1.165, 1.54) is 6.33 Å². The Labute approximate surface area is 143 Å². The number of hydrogen-bond acceptors (Lipinski definition) is 9. The van der Waals surface area contributed by atoms with Crippen molar-refractivity contribution in [1.29, 1.82) is 0 Å². The lowest BCUT2D eigenvalue weighted by atomic mass is 10.0. The first kappa shape index (κ1) is 16.3. The van der Waals surface area contributed by atoms with Crippen LogP contribution in [0.15, 0.2) is 22.8 Å². The van der Waals surface area contributed by atoms with Gasteiger partial charge in [0.25, 0.3) is 0 Å². The van der Waals surface area contributed by atoms with Gasteiger partial charge in [0.05, 0.1) is 12.0 Å². The molecule has 0 radical (unpaired) electrons. The minimum Gasteiger partial charge on any atom is -0.394 e. The Morgan fingerprint density at radius 3 is 2.68 bits per heavy atom. The Kier molecular flexibility index (Phi) is 3.72. The minimum absolute atomic E-state index is 0.334. The third-order valence-electron chi connectivity index (χ3n) is 4.82. The van der Waals surface area contributed by atoms with E-state index in [2.05, 4.69) is 20.2 Å². The fraction of sp³-hybridized carbons (Fsp3) is 0.600. The van der Waals surface area contributed by atoms with E-state index < -0.39 is 24.5 Å². The number of aliphatic hydroxyl groups excluding tert-OH is 3. The van der Waals surface area contributed by atoms with Gasteiger partial charge in [-0.05, 0) is 18.9 Å². The second-order valence-electron chi connectivity index (χ2n) is 6.66. The van der Waals surface area contributed by atoms with Crippen molar-refractivity contribution in [1.82, 2.24) is 14.5 Å². The zero-order valence-electron chi connectivity index (χ0n) is 13.6. The van der Waals surface area contributed by atoms with Gasteiger partial charge in [0.1, 0.15) is 36.1 Å². The SMILES string of the molecule is CC1(CCc2cn([C@@H]3O[C@H](CO)[C@@H](O)[C@H]3O)c3ncnc(N)c23)N=N1. The summed E-state index contributed by atoms with van der Waals surface area (Å²) in [4.78, 5) is 8.31. The second kappa shape index (κ2) is 5.70. The summed E-state index contributed by atoms with van der Waals surface area (Å²) >= 11 is 0. The van der Waals surface area contributed by atoms with Crippen LogP contribution >= 0.6 is 0 Å². The molecule has 1 fully saturated rings. The molecular weight excluding hydrogens is 328 g/mol. The van der Waals surface area contributed by atoms with Gasteiger partial charge in [0, 0.05) is 12.6 Å². The van der Waals surface area contributed by atoms with Gasteiger partial charge in [-0.2, -0.15) is 10.2 Å². The van der Waals surface area contributed by atoms with Crippen molar-refractivity contribution in [2.24, 2.45) is 10.2 Å². The molecule has 0 aliphatic carbocycles. The van der Waals surface area contributed by atoms with Crippen LogP contribution in [0.25, 0.3) is 11.0 Å². The average molecular weight is 348 g/mol. The van der Waals surface area contributed by atoms with Crippen LogP contribution in [0.4, 0.5) is 5.82 Å². The largest absolute Gasteiger partial charge is 0.394 e. The number of aryl methyl sites for hydroxylation is 1. The standard InChI is InChI=1S/C15H20N6O4/c1-15(19-20-15)3-2-7-4-21(13-9(7)12(16)17-6-18-13)14-11(24)10(23)8(5-22)25-14/h4,6,8,10-11,14,22-24H,2-3,5H2,1H3,(H2,16,17,18)/t8-,10-,11-,14-/m1/s1. The van der Waals surface area contributed by atoms with Gasteiger partial charge in [-0.15, -0.1) is 0 Å². The van der Waals surface area contributed by atoms with Gasteiger partial charge >= 0.3 is 0 Å². The highest BCUT2D eigenvalue weighted by Gasteiger charge is 2.44. The molecule has 2 aliphatic heterocycles. The predicted molar refractivity (Wildman–Crippen MR) is 86.5 cm³/mol. The molecule has 4 rings (SSSR count). The average Bonchev–Trinajstić information content (AvgIpc) is 3.11. The van der Waals surface area contributed by atoms with E-state index in [1.807, 2.05) is 6.92 Å². The number of aromatic nitrogens is 3. The smallest absolute Gasteiger partial charge is 0.188 e. The Morgan fingerprint density at radius 1 is 1.28 bits per heavy atom. The summed E-state index contributed by atoms with van der Waals surface area (Å²) in [5, 5.41) is 38.3. The van der Waals surface area contributed by atoms with E-state index in [0.29, 0.717) is 23.3 Å². The summed E-state index contributed by atoms with van der Waals surface area (Å²) in [5.41, 5.74) is 7.09. The third-order valence-corrected chi connectivity index (χ3v) is 4.82. The van der Waals surface area contributed by atoms with Crippen molar-refractivity contribution < 1.29 is 20.1 Å². The lowest BCUT2D eigenvalue weighted by Crippen LogP contribution is -2.33. The van der Waals surface area contributed by atoms with E-state index in [9.17, 15) is 15.3 Å². The van der Waals surface area contributed by atoms with Crippen molar-refractivity contribution in [3.05, 3.63) is 18.1 Å². The van der Waals surface area contributed by atoms with Crippen molar-refractivity contribution in [2.75, 3.05) is 12.3 Å². The molecule has 4 heterocycles. The van der Waals surface area contributed by atoms with Crippen molar-refractivity contribution in [3.63, 3.8) is 0 Å². The molecule has 10 nitrogen and oxygen atoms in total. The zero-order chi connectivity index (χ0) is 17.8. The van der Waals surface area contributed by atoms with Gasteiger partial charge in [0.15, 0.2) is 11.9 Å². The maximum absolute atomic E-state index is 10.3. The van der Waals surface area contributed by atoms with E-state index in [1.54, 1.807) is 10.8 Å². The molecule has 10 heteroatoms. The van der Waals surface area contributed by atoms with Crippen LogP contribution in [0.3, 0.4) is 0 Å². The Morgan fingerprint density at radius 2 is 2.04 bits per heavy atom. The van der Waals surface area contributed by atoms with E-state index >= 15 is 0 Å². The number of nitrogens with zero attached hydrogens (tertiary/aromatic N) is 5. The molecule has 5 N–H and O–H groups in total. The van der Waals surface area contributed by atoms with E-state index in [-0.39, 0.29) is 12.3 Å². The van der Waals surface area contributed by atoms with Crippen molar-refractivity contribution in [2.45, 2.75) is 50.0 Å². The second-order valence-corrected chi connectivity index (χ2v) is 6.66. The van der Waals surface area contributed by atoms with Crippen molar-refractivity contribution >= 4 is 16.9 Å². The number of nitrogen functional groups attached to an aromatic ring is 1. The molecule has 25 heavy (non-hydrogen) atoms. The van der Waals surface area contributed by atoms with Crippen LogP contribution in [0.1, 0.15) is 25.1 Å². The summed E-state index contributed by atoms with van der Waals surface area (Å²) in [6.45, 7) is 1.55. The number of ether oxygens (including phenoxy) is 1. The van der Waals surface area contributed by atoms with E-state index in [0.717, 1.165) is 12.0 Å². The topological polar surface area (TPSA) is 151 Å². The molecular formula is C15H20N6O4. The highest BCUT2D eigenvalue weighted by Crippen LogP contribution is 2.37. The van der Waals surface area contributed by atoms with Crippen molar-refractivity contribution in [3.8, 4) is 0 Å². The first-order valence-electron chi connectivity index (χ1n) is 8.10. The maximum Gasteiger partial charge on any atom is 0.188 e. The molecule has 2 aliphatic rings. The quantitative estimate of drug-likeness (QED) is 0.581. The molecule has 134 valence electrons. The van der Waals surface area contributed by atoms with Crippen LogP contribution in [-0.4, -0.2) is 60.4 Å². The molecule has 1 saturated heterocycles. The molecule has 2 aromatic heterocycles. The Bertz CT molecular complexity index is 831. The fourth-order valence-electron chi connectivity index (χ4n) is 3.24.